The first kappa shape index (κ1) is 21.8. The molecule has 0 bridgehead atoms. The van der Waals surface area contributed by atoms with Gasteiger partial charge < -0.3 is 10.2 Å². The molecule has 1 N–H and O–H groups in total. The Morgan fingerprint density at radius 2 is 1.91 bits per heavy atom. The van der Waals surface area contributed by atoms with E-state index >= 15 is 0 Å². The summed E-state index contributed by atoms with van der Waals surface area (Å²) in [6, 6.07) is 13.4. The number of nitrogens with one attached hydrogen (secondary N) is 1. The fraction of sp³-hybridized carbons (Fsp3) is 0.250. The predicted molar refractivity (Wildman–Crippen MR) is 127 cm³/mol. The molecule has 7 nitrogen and oxygen atoms in total. The number of hydrogen-bond donors (Lipinski definition) is 1. The lowest BCUT2D eigenvalue weighted by Gasteiger charge is -2.17. The second-order valence-corrected chi connectivity index (χ2v) is 8.73. The van der Waals surface area contributed by atoms with Gasteiger partial charge in [-0.15, -0.1) is 0 Å². The largest absolute Gasteiger partial charge is 0.322 e. The van der Waals surface area contributed by atoms with E-state index in [0.717, 1.165) is 28.8 Å². The minimum Gasteiger partial charge on any atom is -0.322 e. The number of hydrogen-bond acceptors (Lipinski definition) is 5. The monoisotopic (exact) mass is 448 g/mol. The Balaban J connectivity index is 1.45. The van der Waals surface area contributed by atoms with Crippen molar-refractivity contribution in [2.45, 2.75) is 25.4 Å². The Hall–Kier alpha value is -3.39. The number of nitrogens with zero attached hydrogens (tertiary/aromatic N) is 3. The summed E-state index contributed by atoms with van der Waals surface area (Å²) in [6.07, 6.45) is 2.12. The molecule has 0 fully saturated rings. The standard InChI is InChI=1S/C24H24N4O3S/c1-15-8-9-18(12-16(15)2)26-22(30)19-13-25-24(27(3)23(19)31)32-14-21(29)28-11-10-17-6-4-5-7-20(17)28/h4-9,12-13H,10-11,14H2,1-3H3,(H,26,30). The quantitative estimate of drug-likeness (QED) is 0.478. The molecule has 8 heteroatoms. The molecule has 1 aromatic heterocycles. The zero-order valence-electron chi connectivity index (χ0n) is 18.2. The van der Waals surface area contributed by atoms with Gasteiger partial charge >= 0.3 is 0 Å². The molecule has 0 saturated heterocycles. The zero-order chi connectivity index (χ0) is 22.8. The molecule has 0 aliphatic carbocycles. The van der Waals surface area contributed by atoms with Crippen LogP contribution >= 0.6 is 11.8 Å². The summed E-state index contributed by atoms with van der Waals surface area (Å²) in [4.78, 5) is 44.2. The molecule has 2 heterocycles. The molecule has 32 heavy (non-hydrogen) atoms. The van der Waals surface area contributed by atoms with Crippen molar-refractivity contribution in [1.29, 1.82) is 0 Å². The van der Waals surface area contributed by atoms with E-state index < -0.39 is 11.5 Å². The minimum absolute atomic E-state index is 0.0363. The Labute approximate surface area is 190 Å². The van der Waals surface area contributed by atoms with Gasteiger partial charge in [0, 0.05) is 31.2 Å². The van der Waals surface area contributed by atoms with Crippen molar-refractivity contribution in [1.82, 2.24) is 9.55 Å². The summed E-state index contributed by atoms with van der Waals surface area (Å²) < 4.78 is 1.31. The summed E-state index contributed by atoms with van der Waals surface area (Å²) in [5, 5.41) is 3.14. The molecule has 0 radical (unpaired) electrons. The van der Waals surface area contributed by atoms with Crippen LogP contribution in [0, 0.1) is 13.8 Å². The lowest BCUT2D eigenvalue weighted by atomic mass is 10.1. The van der Waals surface area contributed by atoms with Crippen LogP contribution in [0.4, 0.5) is 11.4 Å². The molecule has 2 amide bonds. The van der Waals surface area contributed by atoms with Gasteiger partial charge in [0.2, 0.25) is 5.91 Å². The number of carbonyl (C=O) groups excluding carboxylic acids is 2. The van der Waals surface area contributed by atoms with E-state index in [1.54, 1.807) is 18.0 Å². The first-order chi connectivity index (χ1) is 15.3. The van der Waals surface area contributed by atoms with Crippen molar-refractivity contribution >= 4 is 35.0 Å². The number of anilines is 2. The Morgan fingerprint density at radius 1 is 1.12 bits per heavy atom. The van der Waals surface area contributed by atoms with Crippen LogP contribution in [0.1, 0.15) is 27.0 Å². The SMILES string of the molecule is Cc1ccc(NC(=O)c2cnc(SCC(=O)N3CCc4ccccc43)n(C)c2=O)cc1C. The molecule has 164 valence electrons. The van der Waals surface area contributed by atoms with Crippen LogP contribution in [-0.4, -0.2) is 33.7 Å². The first-order valence-corrected chi connectivity index (χ1v) is 11.3. The zero-order valence-corrected chi connectivity index (χ0v) is 19.0. The summed E-state index contributed by atoms with van der Waals surface area (Å²) >= 11 is 1.19. The van der Waals surface area contributed by atoms with Crippen molar-refractivity contribution in [2.24, 2.45) is 7.05 Å². The molecule has 0 unspecified atom stereocenters. The number of amides is 2. The Morgan fingerprint density at radius 3 is 2.69 bits per heavy atom. The summed E-state index contributed by atoms with van der Waals surface area (Å²) in [5.41, 5.74) is 4.39. The Bertz CT molecular complexity index is 1270. The van der Waals surface area contributed by atoms with Crippen molar-refractivity contribution in [2.75, 3.05) is 22.5 Å². The number of fused-ring (bicyclic) bond motifs is 1. The third-order valence-electron chi connectivity index (χ3n) is 5.65. The molecule has 0 saturated carbocycles. The van der Waals surface area contributed by atoms with Crippen molar-refractivity contribution in [3.05, 3.63) is 81.3 Å². The lowest BCUT2D eigenvalue weighted by Crippen LogP contribution is -2.32. The fourth-order valence-electron chi connectivity index (χ4n) is 3.64. The number of carbonyl (C=O) groups is 2. The maximum absolute atomic E-state index is 12.8. The summed E-state index contributed by atoms with van der Waals surface area (Å²) in [7, 11) is 1.56. The number of rotatable bonds is 5. The molecule has 2 aromatic carbocycles. The van der Waals surface area contributed by atoms with E-state index in [0.29, 0.717) is 17.4 Å². The normalized spacial score (nSPS) is 12.5. The Kier molecular flexibility index (Phi) is 6.14. The van der Waals surface area contributed by atoms with E-state index in [4.69, 9.17) is 0 Å². The predicted octanol–water partition coefficient (Wildman–Crippen LogP) is 3.33. The molecule has 0 atom stereocenters. The highest BCUT2D eigenvalue weighted by Crippen LogP contribution is 2.28. The molecule has 1 aliphatic rings. The van der Waals surface area contributed by atoms with Crippen LogP contribution in [0.5, 0.6) is 0 Å². The average molecular weight is 449 g/mol. The molecular formula is C24H24N4O3S. The van der Waals surface area contributed by atoms with E-state index in [9.17, 15) is 14.4 Å². The van der Waals surface area contributed by atoms with Crippen LogP contribution < -0.4 is 15.8 Å². The van der Waals surface area contributed by atoms with Crippen molar-refractivity contribution in [3.8, 4) is 0 Å². The molecule has 1 aliphatic heterocycles. The van der Waals surface area contributed by atoms with Gasteiger partial charge in [-0.3, -0.25) is 19.0 Å². The van der Waals surface area contributed by atoms with Gasteiger partial charge in [0.05, 0.1) is 5.75 Å². The second-order valence-electron chi connectivity index (χ2n) is 7.78. The summed E-state index contributed by atoms with van der Waals surface area (Å²) in [6.45, 7) is 4.60. The van der Waals surface area contributed by atoms with E-state index in [-0.39, 0.29) is 17.2 Å². The van der Waals surface area contributed by atoms with Crippen molar-refractivity contribution in [3.63, 3.8) is 0 Å². The van der Waals surface area contributed by atoms with E-state index in [2.05, 4.69) is 10.3 Å². The number of thioether (sulfide) groups is 1. The van der Waals surface area contributed by atoms with Gasteiger partial charge in [0.25, 0.3) is 11.5 Å². The van der Waals surface area contributed by atoms with Crippen LogP contribution in [0.25, 0.3) is 0 Å². The van der Waals surface area contributed by atoms with Gasteiger partial charge in [-0.25, -0.2) is 4.98 Å². The van der Waals surface area contributed by atoms with Crippen LogP contribution in [0.3, 0.4) is 0 Å². The molecule has 3 aromatic rings. The van der Waals surface area contributed by atoms with Crippen LogP contribution in [0.15, 0.2) is 58.6 Å². The van der Waals surface area contributed by atoms with E-state index in [1.807, 2.05) is 50.2 Å². The van der Waals surface area contributed by atoms with Crippen LogP contribution in [-0.2, 0) is 18.3 Å². The highest BCUT2D eigenvalue weighted by atomic mass is 32.2. The maximum atomic E-state index is 12.8. The topological polar surface area (TPSA) is 84.3 Å². The second kappa shape index (κ2) is 9.00. The van der Waals surface area contributed by atoms with Gasteiger partial charge in [0.1, 0.15) is 5.56 Å². The third-order valence-corrected chi connectivity index (χ3v) is 6.68. The molecule has 4 rings (SSSR count). The van der Waals surface area contributed by atoms with Crippen molar-refractivity contribution < 1.29 is 9.59 Å². The smallest absolute Gasteiger partial charge is 0.266 e. The van der Waals surface area contributed by atoms with Gasteiger partial charge in [0.15, 0.2) is 5.16 Å². The van der Waals surface area contributed by atoms with E-state index in [1.165, 1.54) is 22.5 Å². The number of para-hydroxylation sites is 1. The number of aryl methyl sites for hydroxylation is 2. The molecular weight excluding hydrogens is 424 g/mol. The van der Waals surface area contributed by atoms with Gasteiger partial charge in [-0.05, 0) is 55.2 Å². The van der Waals surface area contributed by atoms with Gasteiger partial charge in [-0.2, -0.15) is 0 Å². The molecule has 0 spiro atoms. The summed E-state index contributed by atoms with van der Waals surface area (Å²) in [5.74, 6) is -0.392. The van der Waals surface area contributed by atoms with Crippen LogP contribution in [0.2, 0.25) is 0 Å². The number of aromatic nitrogens is 2. The fourth-order valence-corrected chi connectivity index (χ4v) is 4.45. The van der Waals surface area contributed by atoms with Gasteiger partial charge in [-0.1, -0.05) is 36.0 Å². The highest BCUT2D eigenvalue weighted by Gasteiger charge is 2.24. The highest BCUT2D eigenvalue weighted by molar-refractivity contribution is 7.99. The lowest BCUT2D eigenvalue weighted by molar-refractivity contribution is -0.116. The average Bonchev–Trinajstić information content (AvgIpc) is 3.21. The number of benzene rings is 2. The maximum Gasteiger partial charge on any atom is 0.266 e. The third kappa shape index (κ3) is 4.31. The first-order valence-electron chi connectivity index (χ1n) is 10.3. The minimum atomic E-state index is -0.511.